The molecule has 0 bridgehead atoms. The molecule has 78 valence electrons. The monoisotopic (exact) mass is 193 g/mol. The first-order valence-electron chi connectivity index (χ1n) is 5.22. The van der Waals surface area contributed by atoms with E-state index in [9.17, 15) is 0 Å². The van der Waals surface area contributed by atoms with Crippen LogP contribution in [-0.4, -0.2) is 16.5 Å². The van der Waals surface area contributed by atoms with Gasteiger partial charge in [-0.1, -0.05) is 6.92 Å². The Hall–Kier alpha value is -0.960. The van der Waals surface area contributed by atoms with Crippen molar-refractivity contribution in [3.63, 3.8) is 0 Å². The maximum Gasteiger partial charge on any atom is 0.128 e. The van der Waals surface area contributed by atoms with Crippen LogP contribution >= 0.6 is 0 Å². The Bertz CT molecular complexity index is 284. The topological polar surface area (TPSA) is 51.8 Å². The second-order valence-corrected chi connectivity index (χ2v) is 3.58. The fraction of sp³-hybridized carbons (Fsp3) is 0.636. The lowest BCUT2D eigenvalue weighted by molar-refractivity contribution is 0.792. The van der Waals surface area contributed by atoms with E-state index in [0.29, 0.717) is 6.54 Å². The van der Waals surface area contributed by atoms with Gasteiger partial charge in [0.15, 0.2) is 0 Å². The summed E-state index contributed by atoms with van der Waals surface area (Å²) in [6.45, 7) is 6.89. The van der Waals surface area contributed by atoms with Gasteiger partial charge in [0.25, 0.3) is 0 Å². The first-order valence-corrected chi connectivity index (χ1v) is 5.22. The van der Waals surface area contributed by atoms with E-state index in [1.807, 2.05) is 13.8 Å². The molecule has 0 atom stereocenters. The van der Waals surface area contributed by atoms with Crippen LogP contribution in [0.25, 0.3) is 0 Å². The molecule has 0 saturated carbocycles. The third-order valence-corrected chi connectivity index (χ3v) is 2.33. The van der Waals surface area contributed by atoms with Crippen LogP contribution in [0, 0.1) is 13.8 Å². The number of aromatic nitrogens is 2. The van der Waals surface area contributed by atoms with Gasteiger partial charge in [0.1, 0.15) is 5.82 Å². The summed E-state index contributed by atoms with van der Waals surface area (Å²) in [5, 5.41) is 0. The van der Waals surface area contributed by atoms with Crippen molar-refractivity contribution in [3.8, 4) is 0 Å². The summed E-state index contributed by atoms with van der Waals surface area (Å²) >= 11 is 0. The number of nitrogens with two attached hydrogens (primary N) is 1. The molecule has 0 unspecified atom stereocenters. The third-order valence-electron chi connectivity index (χ3n) is 2.33. The zero-order chi connectivity index (χ0) is 10.6. The van der Waals surface area contributed by atoms with Crippen molar-refractivity contribution in [1.29, 1.82) is 0 Å². The van der Waals surface area contributed by atoms with Gasteiger partial charge in [0.05, 0.1) is 0 Å². The molecule has 14 heavy (non-hydrogen) atoms. The fourth-order valence-electron chi connectivity index (χ4n) is 1.65. The maximum atomic E-state index is 5.54. The Balaban J connectivity index is 2.98. The van der Waals surface area contributed by atoms with Crippen LogP contribution in [0.5, 0.6) is 0 Å². The highest BCUT2D eigenvalue weighted by molar-refractivity contribution is 5.24. The van der Waals surface area contributed by atoms with Crippen LogP contribution in [0.4, 0.5) is 0 Å². The van der Waals surface area contributed by atoms with E-state index >= 15 is 0 Å². The molecule has 3 heteroatoms. The van der Waals surface area contributed by atoms with Gasteiger partial charge in [-0.2, -0.15) is 0 Å². The molecule has 0 saturated heterocycles. The van der Waals surface area contributed by atoms with E-state index in [2.05, 4.69) is 16.9 Å². The van der Waals surface area contributed by atoms with E-state index in [4.69, 9.17) is 5.73 Å². The van der Waals surface area contributed by atoms with Crippen LogP contribution in [0.15, 0.2) is 0 Å². The van der Waals surface area contributed by atoms with Gasteiger partial charge < -0.3 is 5.73 Å². The summed E-state index contributed by atoms with van der Waals surface area (Å²) in [6.07, 6.45) is 2.93. The first-order chi connectivity index (χ1) is 6.69. The van der Waals surface area contributed by atoms with Crippen molar-refractivity contribution in [1.82, 2.24) is 9.97 Å². The average Bonchev–Trinajstić information content (AvgIpc) is 2.12. The number of nitrogens with zero attached hydrogens (tertiary/aromatic N) is 2. The number of hydrogen-bond acceptors (Lipinski definition) is 3. The second-order valence-electron chi connectivity index (χ2n) is 3.58. The van der Waals surface area contributed by atoms with Gasteiger partial charge in [-0.05, 0) is 38.8 Å². The van der Waals surface area contributed by atoms with E-state index < -0.39 is 0 Å². The summed E-state index contributed by atoms with van der Waals surface area (Å²) in [4.78, 5) is 8.95. The molecule has 0 amide bonds. The van der Waals surface area contributed by atoms with Crippen molar-refractivity contribution >= 4 is 0 Å². The molecule has 0 spiro atoms. The highest BCUT2D eigenvalue weighted by Gasteiger charge is 2.06. The van der Waals surface area contributed by atoms with Crippen LogP contribution in [-0.2, 0) is 12.8 Å². The van der Waals surface area contributed by atoms with Crippen molar-refractivity contribution in [3.05, 3.63) is 22.8 Å². The Kier molecular flexibility index (Phi) is 4.01. The van der Waals surface area contributed by atoms with E-state index in [1.54, 1.807) is 0 Å². The fourth-order valence-corrected chi connectivity index (χ4v) is 1.65. The average molecular weight is 193 g/mol. The predicted molar refractivity (Wildman–Crippen MR) is 58.3 cm³/mol. The quantitative estimate of drug-likeness (QED) is 0.789. The molecule has 0 fully saturated rings. The van der Waals surface area contributed by atoms with Crippen molar-refractivity contribution < 1.29 is 0 Å². The van der Waals surface area contributed by atoms with Gasteiger partial charge in [-0.3, -0.25) is 0 Å². The molecule has 0 aliphatic heterocycles. The Morgan fingerprint density at radius 2 is 1.64 bits per heavy atom. The molecule has 1 aromatic rings. The maximum absolute atomic E-state index is 5.54. The van der Waals surface area contributed by atoms with Crippen molar-refractivity contribution in [2.75, 3.05) is 6.54 Å². The highest BCUT2D eigenvalue weighted by atomic mass is 14.9. The van der Waals surface area contributed by atoms with Crippen molar-refractivity contribution in [2.45, 2.75) is 40.0 Å². The van der Waals surface area contributed by atoms with Crippen LogP contribution in [0.1, 0.15) is 36.1 Å². The van der Waals surface area contributed by atoms with Gasteiger partial charge in [0.2, 0.25) is 0 Å². The summed E-state index contributed by atoms with van der Waals surface area (Å²) in [5.74, 6) is 0.961. The summed E-state index contributed by atoms with van der Waals surface area (Å²) in [5.41, 5.74) is 8.93. The molecular formula is C11H19N3. The molecular weight excluding hydrogens is 174 g/mol. The van der Waals surface area contributed by atoms with Crippen LogP contribution in [0.3, 0.4) is 0 Å². The zero-order valence-corrected chi connectivity index (χ0v) is 9.30. The Morgan fingerprint density at radius 1 is 1.07 bits per heavy atom. The summed E-state index contributed by atoms with van der Waals surface area (Å²) in [7, 11) is 0. The minimum absolute atomic E-state index is 0.665. The SMILES string of the molecule is CCCc1nc(C)c(CCN)c(C)n1. The Morgan fingerprint density at radius 3 is 2.07 bits per heavy atom. The molecule has 2 N–H and O–H groups in total. The van der Waals surface area contributed by atoms with Gasteiger partial charge in [-0.15, -0.1) is 0 Å². The second kappa shape index (κ2) is 5.05. The van der Waals surface area contributed by atoms with Crippen molar-refractivity contribution in [2.24, 2.45) is 5.73 Å². The Labute approximate surface area is 85.8 Å². The normalized spacial score (nSPS) is 10.6. The number of hydrogen-bond donors (Lipinski definition) is 1. The molecule has 1 aromatic heterocycles. The minimum Gasteiger partial charge on any atom is -0.330 e. The standard InChI is InChI=1S/C11H19N3/c1-4-5-11-13-8(2)10(6-7-12)9(3)14-11/h4-7,12H2,1-3H3. The smallest absolute Gasteiger partial charge is 0.128 e. The van der Waals surface area contributed by atoms with Gasteiger partial charge in [0, 0.05) is 17.8 Å². The zero-order valence-electron chi connectivity index (χ0n) is 9.30. The molecule has 0 aliphatic carbocycles. The van der Waals surface area contributed by atoms with E-state index in [0.717, 1.165) is 36.5 Å². The van der Waals surface area contributed by atoms with Gasteiger partial charge in [-0.25, -0.2) is 9.97 Å². The molecule has 0 radical (unpaired) electrons. The van der Waals surface area contributed by atoms with Crippen LogP contribution < -0.4 is 5.73 Å². The number of aryl methyl sites for hydroxylation is 3. The lowest BCUT2D eigenvalue weighted by atomic mass is 10.1. The predicted octanol–water partition coefficient (Wildman–Crippen LogP) is 1.55. The number of rotatable bonds is 4. The third kappa shape index (κ3) is 2.51. The van der Waals surface area contributed by atoms with E-state index in [1.165, 1.54) is 5.56 Å². The van der Waals surface area contributed by atoms with Crippen LogP contribution in [0.2, 0.25) is 0 Å². The minimum atomic E-state index is 0.665. The molecule has 1 rings (SSSR count). The molecule has 1 heterocycles. The highest BCUT2D eigenvalue weighted by Crippen LogP contribution is 2.11. The summed E-state index contributed by atoms with van der Waals surface area (Å²) < 4.78 is 0. The van der Waals surface area contributed by atoms with Gasteiger partial charge >= 0.3 is 0 Å². The molecule has 0 aliphatic rings. The lowest BCUT2D eigenvalue weighted by Gasteiger charge is -2.09. The first kappa shape index (κ1) is 11.1. The molecule has 0 aromatic carbocycles. The van der Waals surface area contributed by atoms with E-state index in [-0.39, 0.29) is 0 Å². The lowest BCUT2D eigenvalue weighted by Crippen LogP contribution is -2.10. The molecule has 3 nitrogen and oxygen atoms in total. The summed E-state index contributed by atoms with van der Waals surface area (Å²) in [6, 6.07) is 0. The largest absolute Gasteiger partial charge is 0.330 e.